The van der Waals surface area contributed by atoms with Gasteiger partial charge in [-0.1, -0.05) is 0 Å². The second-order valence-electron chi connectivity index (χ2n) is 2.95. The van der Waals surface area contributed by atoms with Crippen LogP contribution >= 0.6 is 0 Å². The molecule has 0 aliphatic heterocycles. The lowest BCUT2D eigenvalue weighted by atomic mass is 10.1. The van der Waals surface area contributed by atoms with Gasteiger partial charge in [-0.2, -0.15) is 0 Å². The summed E-state index contributed by atoms with van der Waals surface area (Å²) < 4.78 is 31.0. The van der Waals surface area contributed by atoms with E-state index in [-0.39, 0.29) is 6.61 Å². The predicted octanol–water partition coefficient (Wildman–Crippen LogP) is 1.12. The van der Waals surface area contributed by atoms with E-state index in [9.17, 15) is 13.6 Å². The molecule has 0 saturated heterocycles. The van der Waals surface area contributed by atoms with Crippen molar-refractivity contribution in [1.29, 1.82) is 0 Å². The van der Waals surface area contributed by atoms with Crippen molar-refractivity contribution < 1.29 is 28.5 Å². The van der Waals surface area contributed by atoms with Crippen molar-refractivity contribution in [3.05, 3.63) is 34.9 Å². The molecule has 2 N–H and O–H groups in total. The van der Waals surface area contributed by atoms with Crippen LogP contribution in [0.1, 0.15) is 29.1 Å². The molecule has 16 heavy (non-hydrogen) atoms. The van der Waals surface area contributed by atoms with Gasteiger partial charge >= 0.3 is 5.97 Å². The Balaban J connectivity index is 3.15. The van der Waals surface area contributed by atoms with Gasteiger partial charge in [0.15, 0.2) is 6.29 Å². The average Bonchev–Trinajstić information content (AvgIpc) is 2.20. The Hall–Kier alpha value is -1.53. The fraction of sp³-hybridized carbons (Fsp3) is 0.300. The van der Waals surface area contributed by atoms with Gasteiger partial charge in [0.1, 0.15) is 11.6 Å². The van der Waals surface area contributed by atoms with Gasteiger partial charge in [0, 0.05) is 5.56 Å². The van der Waals surface area contributed by atoms with Gasteiger partial charge in [0.25, 0.3) is 0 Å². The molecule has 1 rings (SSSR count). The van der Waals surface area contributed by atoms with Gasteiger partial charge in [-0.05, 0) is 19.1 Å². The molecular formula is C10H10F2O4. The number of hydrogen-bond acceptors (Lipinski definition) is 4. The van der Waals surface area contributed by atoms with Crippen LogP contribution in [-0.4, -0.2) is 22.8 Å². The largest absolute Gasteiger partial charge is 0.462 e. The number of hydrogen-bond donors (Lipinski definition) is 2. The van der Waals surface area contributed by atoms with E-state index in [2.05, 4.69) is 4.74 Å². The molecule has 6 heteroatoms. The van der Waals surface area contributed by atoms with Crippen LogP contribution < -0.4 is 0 Å². The zero-order valence-electron chi connectivity index (χ0n) is 8.41. The van der Waals surface area contributed by atoms with E-state index in [0.717, 1.165) is 0 Å². The molecule has 0 atom stereocenters. The minimum Gasteiger partial charge on any atom is -0.462 e. The Morgan fingerprint density at radius 1 is 1.38 bits per heavy atom. The Kier molecular flexibility index (Phi) is 3.92. The zero-order valence-corrected chi connectivity index (χ0v) is 8.41. The molecule has 0 amide bonds. The van der Waals surface area contributed by atoms with Crippen molar-refractivity contribution in [2.24, 2.45) is 0 Å². The quantitative estimate of drug-likeness (QED) is 0.605. The number of aliphatic hydroxyl groups excluding tert-OH is 1. The summed E-state index contributed by atoms with van der Waals surface area (Å²) in [6.45, 7) is 1.56. The van der Waals surface area contributed by atoms with E-state index in [4.69, 9.17) is 10.2 Å². The van der Waals surface area contributed by atoms with E-state index < -0.39 is 35.0 Å². The van der Waals surface area contributed by atoms with Crippen molar-refractivity contribution in [3.8, 4) is 0 Å². The molecule has 4 nitrogen and oxygen atoms in total. The first-order valence-electron chi connectivity index (χ1n) is 4.49. The third-order valence-electron chi connectivity index (χ3n) is 1.86. The molecule has 1 aromatic rings. The molecule has 0 bridgehead atoms. The SMILES string of the molecule is CCOC(=O)c1cc(F)c(C(O)O)cc1F. The number of carbonyl (C=O) groups excluding carboxylic acids is 1. The maximum atomic E-state index is 13.3. The second kappa shape index (κ2) is 5.00. The predicted molar refractivity (Wildman–Crippen MR) is 49.5 cm³/mol. The number of halogens is 2. The summed E-state index contributed by atoms with van der Waals surface area (Å²) in [5.41, 5.74) is -1.21. The van der Waals surface area contributed by atoms with Crippen LogP contribution in [0.4, 0.5) is 8.78 Å². The molecular weight excluding hydrogens is 222 g/mol. The first kappa shape index (κ1) is 12.5. The Morgan fingerprint density at radius 2 is 2.00 bits per heavy atom. The average molecular weight is 232 g/mol. The Bertz CT molecular complexity index is 404. The van der Waals surface area contributed by atoms with Crippen LogP contribution in [0.2, 0.25) is 0 Å². The lowest BCUT2D eigenvalue weighted by Crippen LogP contribution is -2.10. The minimum atomic E-state index is -2.13. The summed E-state index contributed by atoms with van der Waals surface area (Å²) in [7, 11) is 0. The highest BCUT2D eigenvalue weighted by Crippen LogP contribution is 2.20. The Labute approximate surface area is 90.1 Å². The number of esters is 1. The van der Waals surface area contributed by atoms with Gasteiger partial charge < -0.3 is 14.9 Å². The van der Waals surface area contributed by atoms with Crippen LogP contribution in [0.3, 0.4) is 0 Å². The highest BCUT2D eigenvalue weighted by molar-refractivity contribution is 5.89. The molecule has 0 saturated carbocycles. The maximum Gasteiger partial charge on any atom is 0.341 e. The summed E-state index contributed by atoms with van der Waals surface area (Å²) in [6.07, 6.45) is -2.13. The summed E-state index contributed by atoms with van der Waals surface area (Å²) in [6, 6.07) is 1.12. The summed E-state index contributed by atoms with van der Waals surface area (Å²) in [4.78, 5) is 11.1. The lowest BCUT2D eigenvalue weighted by molar-refractivity contribution is -0.0452. The van der Waals surface area contributed by atoms with Crippen molar-refractivity contribution in [2.75, 3.05) is 6.61 Å². The van der Waals surface area contributed by atoms with Crippen molar-refractivity contribution in [1.82, 2.24) is 0 Å². The van der Waals surface area contributed by atoms with Crippen molar-refractivity contribution >= 4 is 5.97 Å². The van der Waals surface area contributed by atoms with Crippen LogP contribution in [0.15, 0.2) is 12.1 Å². The molecule has 0 fully saturated rings. The molecule has 0 spiro atoms. The highest BCUT2D eigenvalue weighted by atomic mass is 19.1. The monoisotopic (exact) mass is 232 g/mol. The fourth-order valence-electron chi connectivity index (χ4n) is 1.13. The second-order valence-corrected chi connectivity index (χ2v) is 2.95. The molecule has 0 radical (unpaired) electrons. The molecule has 88 valence electrons. The van der Waals surface area contributed by atoms with Crippen LogP contribution in [0.5, 0.6) is 0 Å². The number of carbonyl (C=O) groups is 1. The van der Waals surface area contributed by atoms with Gasteiger partial charge in [-0.3, -0.25) is 0 Å². The van der Waals surface area contributed by atoms with Gasteiger partial charge in [-0.15, -0.1) is 0 Å². The standard InChI is InChI=1S/C10H10F2O4/c1-2-16-10(15)6-4-7(11)5(9(13)14)3-8(6)12/h3-4,9,13-14H,2H2,1H3. The van der Waals surface area contributed by atoms with Gasteiger partial charge in [0.2, 0.25) is 0 Å². The first-order chi connectivity index (χ1) is 7.47. The van der Waals surface area contributed by atoms with Crippen LogP contribution in [-0.2, 0) is 4.74 Å². The van der Waals surface area contributed by atoms with Gasteiger partial charge in [-0.25, -0.2) is 13.6 Å². The number of ether oxygens (including phenoxy) is 1. The molecule has 0 unspecified atom stereocenters. The summed E-state index contributed by atoms with van der Waals surface area (Å²) >= 11 is 0. The normalized spacial score (nSPS) is 10.6. The maximum absolute atomic E-state index is 13.3. The third-order valence-corrected chi connectivity index (χ3v) is 1.86. The highest BCUT2D eigenvalue weighted by Gasteiger charge is 2.19. The minimum absolute atomic E-state index is 0.0320. The molecule has 0 aliphatic rings. The van der Waals surface area contributed by atoms with E-state index in [1.807, 2.05) is 0 Å². The third kappa shape index (κ3) is 2.53. The summed E-state index contributed by atoms with van der Waals surface area (Å²) in [5, 5.41) is 17.4. The van der Waals surface area contributed by atoms with Crippen molar-refractivity contribution in [3.63, 3.8) is 0 Å². The number of benzene rings is 1. The van der Waals surface area contributed by atoms with E-state index in [1.165, 1.54) is 6.92 Å². The van der Waals surface area contributed by atoms with E-state index in [1.54, 1.807) is 0 Å². The van der Waals surface area contributed by atoms with Gasteiger partial charge in [0.05, 0.1) is 12.2 Å². The van der Waals surface area contributed by atoms with E-state index in [0.29, 0.717) is 12.1 Å². The van der Waals surface area contributed by atoms with Crippen molar-refractivity contribution in [2.45, 2.75) is 13.2 Å². The first-order valence-corrected chi connectivity index (χ1v) is 4.49. The topological polar surface area (TPSA) is 66.8 Å². The van der Waals surface area contributed by atoms with E-state index >= 15 is 0 Å². The Morgan fingerprint density at radius 3 is 2.50 bits per heavy atom. The van der Waals surface area contributed by atoms with Crippen LogP contribution in [0.25, 0.3) is 0 Å². The fourth-order valence-corrected chi connectivity index (χ4v) is 1.13. The lowest BCUT2D eigenvalue weighted by Gasteiger charge is -2.08. The molecule has 0 aliphatic carbocycles. The molecule has 0 heterocycles. The zero-order chi connectivity index (χ0) is 12.3. The molecule has 1 aromatic carbocycles. The number of aliphatic hydroxyl groups is 2. The number of rotatable bonds is 3. The summed E-state index contributed by atoms with van der Waals surface area (Å²) in [5.74, 6) is -3.15. The molecule has 0 aromatic heterocycles. The van der Waals surface area contributed by atoms with Crippen LogP contribution in [0, 0.1) is 11.6 Å². The smallest absolute Gasteiger partial charge is 0.341 e.